The third-order valence-electron chi connectivity index (χ3n) is 1.74. The van der Waals surface area contributed by atoms with Crippen molar-refractivity contribution in [1.82, 2.24) is 9.71 Å². The van der Waals surface area contributed by atoms with Crippen LogP contribution in [-0.4, -0.2) is 13.4 Å². The molecule has 0 amide bonds. The Balaban J connectivity index is 2.09. The fourth-order valence-corrected chi connectivity index (χ4v) is 3.34. The fraction of sp³-hybridized carbons (Fsp3) is 0.125. The normalized spacial score (nSPS) is 11.8. The largest absolute Gasteiger partial charge is 0.468 e. The van der Waals surface area contributed by atoms with Crippen LogP contribution in [0.4, 0.5) is 0 Å². The van der Waals surface area contributed by atoms with Gasteiger partial charge in [0, 0.05) is 0 Å². The van der Waals surface area contributed by atoms with E-state index in [1.807, 2.05) is 0 Å². The summed E-state index contributed by atoms with van der Waals surface area (Å²) in [7, 11) is -3.55. The van der Waals surface area contributed by atoms with Gasteiger partial charge in [-0.1, -0.05) is 22.9 Å². The van der Waals surface area contributed by atoms with E-state index in [9.17, 15) is 8.42 Å². The molecular formula is C8H7ClN2O3S2. The van der Waals surface area contributed by atoms with Gasteiger partial charge in [0.1, 0.15) is 5.76 Å². The van der Waals surface area contributed by atoms with Crippen LogP contribution >= 0.6 is 22.9 Å². The summed E-state index contributed by atoms with van der Waals surface area (Å²) in [6, 6.07) is 3.37. The van der Waals surface area contributed by atoms with Crippen molar-refractivity contribution in [2.75, 3.05) is 0 Å². The minimum atomic E-state index is -3.55. The van der Waals surface area contributed by atoms with Gasteiger partial charge in [-0.25, -0.2) is 18.1 Å². The van der Waals surface area contributed by atoms with Crippen LogP contribution in [-0.2, 0) is 16.6 Å². The highest BCUT2D eigenvalue weighted by molar-refractivity contribution is 7.91. The SMILES string of the molecule is O=S(=O)(NCc1ccco1)c1cnc(Cl)s1. The maximum Gasteiger partial charge on any atom is 0.252 e. The van der Waals surface area contributed by atoms with Crippen molar-refractivity contribution in [2.24, 2.45) is 0 Å². The number of rotatable bonds is 4. The molecule has 0 saturated carbocycles. The first kappa shape index (κ1) is 11.6. The number of nitrogens with one attached hydrogen (secondary N) is 1. The Morgan fingerprint density at radius 1 is 1.56 bits per heavy atom. The molecule has 0 aliphatic carbocycles. The highest BCUT2D eigenvalue weighted by atomic mass is 35.5. The van der Waals surface area contributed by atoms with Crippen molar-refractivity contribution in [3.05, 3.63) is 34.8 Å². The standard InChI is InChI=1S/C8H7ClN2O3S2/c9-8-10-5-7(15-8)16(12,13)11-4-6-2-1-3-14-6/h1-3,5,11H,4H2. The second kappa shape index (κ2) is 4.54. The minimum Gasteiger partial charge on any atom is -0.468 e. The summed E-state index contributed by atoms with van der Waals surface area (Å²) in [6.45, 7) is 0.102. The predicted octanol–water partition coefficient (Wildman–Crippen LogP) is 1.87. The van der Waals surface area contributed by atoms with Gasteiger partial charge >= 0.3 is 0 Å². The molecule has 0 unspecified atom stereocenters. The van der Waals surface area contributed by atoms with E-state index in [4.69, 9.17) is 16.0 Å². The fourth-order valence-electron chi connectivity index (χ4n) is 1.01. The summed E-state index contributed by atoms with van der Waals surface area (Å²) < 4.78 is 31.1. The molecule has 2 aromatic heterocycles. The molecule has 0 bridgehead atoms. The van der Waals surface area contributed by atoms with Crippen LogP contribution in [0, 0.1) is 0 Å². The molecule has 0 radical (unpaired) electrons. The number of hydrogen-bond donors (Lipinski definition) is 1. The number of aromatic nitrogens is 1. The van der Waals surface area contributed by atoms with Gasteiger partial charge in [-0.05, 0) is 12.1 Å². The van der Waals surface area contributed by atoms with Crippen LogP contribution in [0.15, 0.2) is 33.2 Å². The molecule has 86 valence electrons. The lowest BCUT2D eigenvalue weighted by Gasteiger charge is -2.01. The van der Waals surface area contributed by atoms with E-state index in [0.29, 0.717) is 5.76 Å². The smallest absolute Gasteiger partial charge is 0.252 e. The minimum absolute atomic E-state index is 0.0871. The molecule has 8 heteroatoms. The van der Waals surface area contributed by atoms with Gasteiger partial charge in [0.05, 0.1) is 19.0 Å². The monoisotopic (exact) mass is 278 g/mol. The number of thiazole rings is 1. The summed E-state index contributed by atoms with van der Waals surface area (Å²) in [6.07, 6.45) is 2.70. The van der Waals surface area contributed by atoms with Crippen LogP contribution in [0.2, 0.25) is 4.47 Å². The van der Waals surface area contributed by atoms with Crippen molar-refractivity contribution in [3.8, 4) is 0 Å². The molecule has 16 heavy (non-hydrogen) atoms. The average Bonchev–Trinajstić information content (AvgIpc) is 2.85. The Bertz CT molecular complexity index is 562. The van der Waals surface area contributed by atoms with Gasteiger partial charge in [0.15, 0.2) is 8.68 Å². The Hall–Kier alpha value is -0.890. The van der Waals surface area contributed by atoms with Gasteiger partial charge in [0.2, 0.25) is 0 Å². The second-order valence-electron chi connectivity index (χ2n) is 2.84. The van der Waals surface area contributed by atoms with Crippen molar-refractivity contribution >= 4 is 33.0 Å². The number of hydrogen-bond acceptors (Lipinski definition) is 5. The molecule has 0 saturated heterocycles. The van der Waals surface area contributed by atoms with E-state index < -0.39 is 10.0 Å². The van der Waals surface area contributed by atoms with Crippen molar-refractivity contribution in [1.29, 1.82) is 0 Å². The lowest BCUT2D eigenvalue weighted by atomic mass is 10.5. The van der Waals surface area contributed by atoms with Crippen LogP contribution in [0.5, 0.6) is 0 Å². The number of halogens is 1. The molecule has 5 nitrogen and oxygen atoms in total. The zero-order valence-corrected chi connectivity index (χ0v) is 10.3. The number of nitrogens with zero attached hydrogens (tertiary/aromatic N) is 1. The molecule has 0 aliphatic rings. The molecule has 0 fully saturated rings. The Labute approximate surface area is 101 Å². The Morgan fingerprint density at radius 3 is 2.94 bits per heavy atom. The Morgan fingerprint density at radius 2 is 2.38 bits per heavy atom. The number of furan rings is 1. The molecule has 2 heterocycles. The Kier molecular flexibility index (Phi) is 3.29. The maximum atomic E-state index is 11.7. The first-order chi connectivity index (χ1) is 7.58. The number of sulfonamides is 1. The van der Waals surface area contributed by atoms with Crippen LogP contribution < -0.4 is 4.72 Å². The highest BCUT2D eigenvalue weighted by Gasteiger charge is 2.17. The van der Waals surface area contributed by atoms with Gasteiger partial charge < -0.3 is 4.42 Å². The van der Waals surface area contributed by atoms with Crippen LogP contribution in [0.25, 0.3) is 0 Å². The predicted molar refractivity (Wildman–Crippen MR) is 59.9 cm³/mol. The lowest BCUT2D eigenvalue weighted by molar-refractivity contribution is 0.499. The van der Waals surface area contributed by atoms with Crippen molar-refractivity contribution < 1.29 is 12.8 Å². The van der Waals surface area contributed by atoms with E-state index in [-0.39, 0.29) is 15.2 Å². The topological polar surface area (TPSA) is 72.2 Å². The van der Waals surface area contributed by atoms with Crippen LogP contribution in [0.3, 0.4) is 0 Å². The molecule has 0 aliphatic heterocycles. The second-order valence-corrected chi connectivity index (χ2v) is 6.44. The molecule has 0 atom stereocenters. The van der Waals surface area contributed by atoms with E-state index >= 15 is 0 Å². The zero-order chi connectivity index (χ0) is 11.6. The van der Waals surface area contributed by atoms with Crippen molar-refractivity contribution in [2.45, 2.75) is 10.8 Å². The quantitative estimate of drug-likeness (QED) is 0.927. The van der Waals surface area contributed by atoms with E-state index in [0.717, 1.165) is 11.3 Å². The van der Waals surface area contributed by atoms with Gasteiger partial charge in [0.25, 0.3) is 10.0 Å². The molecule has 0 spiro atoms. The van der Waals surface area contributed by atoms with Gasteiger partial charge in [-0.3, -0.25) is 0 Å². The van der Waals surface area contributed by atoms with Crippen LogP contribution in [0.1, 0.15) is 5.76 Å². The summed E-state index contributed by atoms with van der Waals surface area (Å²) in [5.74, 6) is 0.541. The van der Waals surface area contributed by atoms with Crippen molar-refractivity contribution in [3.63, 3.8) is 0 Å². The third-order valence-corrected chi connectivity index (χ3v) is 4.71. The van der Waals surface area contributed by atoms with E-state index in [2.05, 4.69) is 9.71 Å². The van der Waals surface area contributed by atoms with E-state index in [1.54, 1.807) is 12.1 Å². The summed E-state index contributed by atoms with van der Waals surface area (Å²) in [5.41, 5.74) is 0. The molecule has 2 rings (SSSR count). The maximum absolute atomic E-state index is 11.7. The van der Waals surface area contributed by atoms with Gasteiger partial charge in [-0.15, -0.1) is 0 Å². The first-order valence-electron chi connectivity index (χ1n) is 4.21. The summed E-state index contributed by atoms with van der Waals surface area (Å²) >= 11 is 6.47. The molecule has 2 aromatic rings. The van der Waals surface area contributed by atoms with E-state index in [1.165, 1.54) is 12.5 Å². The molecule has 1 N–H and O–H groups in total. The third kappa shape index (κ3) is 2.62. The molecular weight excluding hydrogens is 272 g/mol. The molecule has 0 aromatic carbocycles. The zero-order valence-electron chi connectivity index (χ0n) is 7.88. The van der Waals surface area contributed by atoms with Gasteiger partial charge in [-0.2, -0.15) is 0 Å². The highest BCUT2D eigenvalue weighted by Crippen LogP contribution is 2.22. The lowest BCUT2D eigenvalue weighted by Crippen LogP contribution is -2.22. The first-order valence-corrected chi connectivity index (χ1v) is 6.89. The average molecular weight is 279 g/mol. The summed E-state index contributed by atoms with van der Waals surface area (Å²) in [4.78, 5) is 3.67. The summed E-state index contributed by atoms with van der Waals surface area (Å²) in [5, 5.41) is 0.